The van der Waals surface area contributed by atoms with Crippen molar-refractivity contribution >= 4 is 12.0 Å². The maximum absolute atomic E-state index is 11.9. The summed E-state index contributed by atoms with van der Waals surface area (Å²) in [5, 5.41) is 0. The molecule has 0 unspecified atom stereocenters. The van der Waals surface area contributed by atoms with E-state index in [1.54, 1.807) is 0 Å². The first-order valence-corrected chi connectivity index (χ1v) is 6.70. The predicted octanol–water partition coefficient (Wildman–Crippen LogP) is 3.41. The molecule has 1 aliphatic heterocycles. The van der Waals surface area contributed by atoms with Crippen molar-refractivity contribution in [1.29, 1.82) is 0 Å². The molecule has 3 nitrogen and oxygen atoms in total. The van der Waals surface area contributed by atoms with Crippen LogP contribution in [0.1, 0.15) is 38.3 Å². The molecule has 3 heteroatoms. The molecule has 0 N–H and O–H groups in total. The number of esters is 1. The molecule has 19 heavy (non-hydrogen) atoms. The van der Waals surface area contributed by atoms with Gasteiger partial charge >= 0.3 is 5.97 Å². The van der Waals surface area contributed by atoms with Crippen molar-refractivity contribution in [2.45, 2.75) is 33.7 Å². The van der Waals surface area contributed by atoms with Crippen LogP contribution in [0.4, 0.5) is 0 Å². The third-order valence-electron chi connectivity index (χ3n) is 3.69. The molecule has 0 fully saturated rings. The van der Waals surface area contributed by atoms with E-state index in [1.165, 1.54) is 11.1 Å². The van der Waals surface area contributed by atoms with Crippen LogP contribution in [0.15, 0.2) is 30.5 Å². The molecule has 0 saturated carbocycles. The molecular formula is C16H21NO2. The maximum Gasteiger partial charge on any atom is 0.313 e. The Labute approximate surface area is 114 Å². The Bertz CT molecular complexity index is 491. The quantitative estimate of drug-likeness (QED) is 0.776. The Kier molecular flexibility index (Phi) is 3.93. The van der Waals surface area contributed by atoms with Crippen LogP contribution >= 0.6 is 0 Å². The molecule has 0 saturated heterocycles. The lowest BCUT2D eigenvalue weighted by Crippen LogP contribution is -2.31. The highest BCUT2D eigenvalue weighted by Gasteiger charge is 2.27. The highest BCUT2D eigenvalue weighted by Crippen LogP contribution is 2.23. The Morgan fingerprint density at radius 1 is 1.37 bits per heavy atom. The standard InChI is InChI=1S/C16H21NO2/c1-4-16(2,3)15(18)19-12-17-10-9-13-7-5-6-8-14(13)11-17/h5-10H,4,11-12H2,1-3H3. The van der Waals surface area contributed by atoms with Crippen LogP contribution in [0.5, 0.6) is 0 Å². The van der Waals surface area contributed by atoms with Crippen LogP contribution in [0, 0.1) is 5.41 Å². The molecule has 102 valence electrons. The smallest absolute Gasteiger partial charge is 0.313 e. The third-order valence-corrected chi connectivity index (χ3v) is 3.69. The zero-order valence-corrected chi connectivity index (χ0v) is 11.8. The van der Waals surface area contributed by atoms with E-state index >= 15 is 0 Å². The van der Waals surface area contributed by atoms with E-state index in [9.17, 15) is 4.79 Å². The first kappa shape index (κ1) is 13.7. The number of rotatable bonds is 4. The van der Waals surface area contributed by atoms with Crippen LogP contribution in [0.25, 0.3) is 6.08 Å². The van der Waals surface area contributed by atoms with Gasteiger partial charge in [0.25, 0.3) is 0 Å². The molecule has 0 spiro atoms. The molecule has 1 aromatic rings. The second-order valence-electron chi connectivity index (χ2n) is 5.56. The molecule has 0 aromatic heterocycles. The van der Waals surface area contributed by atoms with E-state index in [2.05, 4.69) is 18.2 Å². The molecule has 0 atom stereocenters. The second-order valence-corrected chi connectivity index (χ2v) is 5.56. The van der Waals surface area contributed by atoms with Gasteiger partial charge in [0.2, 0.25) is 0 Å². The van der Waals surface area contributed by atoms with E-state index in [-0.39, 0.29) is 5.97 Å². The van der Waals surface area contributed by atoms with Gasteiger partial charge in [-0.1, -0.05) is 31.2 Å². The number of nitrogens with zero attached hydrogens (tertiary/aromatic N) is 1. The lowest BCUT2D eigenvalue weighted by Gasteiger charge is -2.27. The molecule has 1 heterocycles. The summed E-state index contributed by atoms with van der Waals surface area (Å²) in [5.74, 6) is -0.137. The van der Waals surface area contributed by atoms with Crippen molar-refractivity contribution in [3.05, 3.63) is 41.6 Å². The number of carbonyl (C=O) groups excluding carboxylic acids is 1. The summed E-state index contributed by atoms with van der Waals surface area (Å²) in [6, 6.07) is 8.25. The van der Waals surface area contributed by atoms with Crippen LogP contribution in [0.3, 0.4) is 0 Å². The monoisotopic (exact) mass is 259 g/mol. The lowest BCUT2D eigenvalue weighted by molar-refractivity contribution is -0.158. The fourth-order valence-electron chi connectivity index (χ4n) is 1.87. The van der Waals surface area contributed by atoms with E-state index in [0.717, 1.165) is 13.0 Å². The topological polar surface area (TPSA) is 29.5 Å². The summed E-state index contributed by atoms with van der Waals surface area (Å²) in [4.78, 5) is 13.9. The van der Waals surface area contributed by atoms with Gasteiger partial charge in [0.05, 0.1) is 5.41 Å². The molecule has 1 aliphatic rings. The van der Waals surface area contributed by atoms with Crippen molar-refractivity contribution in [1.82, 2.24) is 4.90 Å². The Morgan fingerprint density at radius 3 is 2.84 bits per heavy atom. The first-order valence-electron chi connectivity index (χ1n) is 6.70. The average Bonchev–Trinajstić information content (AvgIpc) is 2.44. The van der Waals surface area contributed by atoms with E-state index in [4.69, 9.17) is 4.74 Å². The van der Waals surface area contributed by atoms with E-state index in [1.807, 2.05) is 44.0 Å². The van der Waals surface area contributed by atoms with E-state index < -0.39 is 5.41 Å². The van der Waals surface area contributed by atoms with Crippen LogP contribution in [0.2, 0.25) is 0 Å². The van der Waals surface area contributed by atoms with Gasteiger partial charge in [-0.15, -0.1) is 0 Å². The van der Waals surface area contributed by atoms with Crippen molar-refractivity contribution in [3.8, 4) is 0 Å². The van der Waals surface area contributed by atoms with Gasteiger partial charge < -0.3 is 9.64 Å². The van der Waals surface area contributed by atoms with Crippen LogP contribution < -0.4 is 0 Å². The van der Waals surface area contributed by atoms with Gasteiger partial charge in [-0.3, -0.25) is 4.79 Å². The molecule has 0 radical (unpaired) electrons. The van der Waals surface area contributed by atoms with E-state index in [0.29, 0.717) is 6.73 Å². The number of benzene rings is 1. The van der Waals surface area contributed by atoms with Gasteiger partial charge in [-0.2, -0.15) is 0 Å². The van der Waals surface area contributed by atoms with Gasteiger partial charge in [0, 0.05) is 12.7 Å². The van der Waals surface area contributed by atoms with Crippen molar-refractivity contribution in [2.75, 3.05) is 6.73 Å². The number of fused-ring (bicyclic) bond motifs is 1. The van der Waals surface area contributed by atoms with Crippen LogP contribution in [-0.4, -0.2) is 17.6 Å². The molecule has 0 amide bonds. The minimum atomic E-state index is -0.405. The fourth-order valence-corrected chi connectivity index (χ4v) is 1.87. The average molecular weight is 259 g/mol. The Hall–Kier alpha value is -1.77. The zero-order valence-electron chi connectivity index (χ0n) is 11.8. The van der Waals surface area contributed by atoms with Gasteiger partial charge in [-0.25, -0.2) is 0 Å². The van der Waals surface area contributed by atoms with Crippen molar-refractivity contribution < 1.29 is 9.53 Å². The fraction of sp³-hybridized carbons (Fsp3) is 0.438. The molecule has 1 aromatic carbocycles. The summed E-state index contributed by atoms with van der Waals surface area (Å²) in [5.41, 5.74) is 2.09. The minimum Gasteiger partial charge on any atom is -0.444 e. The molecule has 2 rings (SSSR count). The lowest BCUT2D eigenvalue weighted by atomic mass is 9.91. The van der Waals surface area contributed by atoms with Gasteiger partial charge in [0.1, 0.15) is 0 Å². The van der Waals surface area contributed by atoms with Crippen LogP contribution in [-0.2, 0) is 16.1 Å². The highest BCUT2D eigenvalue weighted by atomic mass is 16.5. The number of carbonyl (C=O) groups is 1. The summed E-state index contributed by atoms with van der Waals surface area (Å²) < 4.78 is 5.39. The summed E-state index contributed by atoms with van der Waals surface area (Å²) in [6.45, 7) is 6.92. The molecule has 0 bridgehead atoms. The summed E-state index contributed by atoms with van der Waals surface area (Å²) in [6.07, 6.45) is 4.82. The van der Waals surface area contributed by atoms with Gasteiger partial charge in [-0.05, 0) is 37.5 Å². The largest absolute Gasteiger partial charge is 0.444 e. The molecule has 0 aliphatic carbocycles. The SMILES string of the molecule is CCC(C)(C)C(=O)OCN1C=Cc2ccccc2C1. The minimum absolute atomic E-state index is 0.137. The zero-order chi connectivity index (χ0) is 13.9. The molecular weight excluding hydrogens is 238 g/mol. The highest BCUT2D eigenvalue weighted by molar-refractivity contribution is 5.75. The predicted molar refractivity (Wildman–Crippen MR) is 76.1 cm³/mol. The van der Waals surface area contributed by atoms with Crippen molar-refractivity contribution in [2.24, 2.45) is 5.41 Å². The normalized spacial score (nSPS) is 14.2. The number of hydrogen-bond acceptors (Lipinski definition) is 3. The number of ether oxygens (including phenoxy) is 1. The maximum atomic E-state index is 11.9. The Balaban J connectivity index is 1.92. The first-order chi connectivity index (χ1) is 9.03. The second kappa shape index (κ2) is 5.47. The Morgan fingerprint density at radius 2 is 2.11 bits per heavy atom. The summed E-state index contributed by atoms with van der Waals surface area (Å²) >= 11 is 0. The van der Waals surface area contributed by atoms with Crippen molar-refractivity contribution in [3.63, 3.8) is 0 Å². The summed E-state index contributed by atoms with van der Waals surface area (Å²) in [7, 11) is 0. The third kappa shape index (κ3) is 3.16. The van der Waals surface area contributed by atoms with Gasteiger partial charge in [0.15, 0.2) is 6.73 Å². The number of hydrogen-bond donors (Lipinski definition) is 0.